The lowest BCUT2D eigenvalue weighted by atomic mass is 10.0. The van der Waals surface area contributed by atoms with Crippen LogP contribution in [-0.4, -0.2) is 48.9 Å². The number of methoxy groups -OCH3 is 1. The second-order valence-electron chi connectivity index (χ2n) is 5.69. The predicted octanol–water partition coefficient (Wildman–Crippen LogP) is 0.587. The predicted molar refractivity (Wildman–Crippen MR) is 89.4 cm³/mol. The third-order valence-electron chi connectivity index (χ3n) is 3.42. The van der Waals surface area contributed by atoms with Crippen molar-refractivity contribution in [2.75, 3.05) is 13.7 Å². The summed E-state index contributed by atoms with van der Waals surface area (Å²) >= 11 is 0. The van der Waals surface area contributed by atoms with Crippen LogP contribution >= 0.6 is 0 Å². The standard InChI is InChI=1S/C17H24N2O6/c1-11(2)14(15(21)18-13(9-20)16(22)24-3)19-17(23)25-10-12-7-5-4-6-8-12/h4-8,11,13-14,20H,9-10H2,1-3H3,(H,18,21)(H,19,23)/t13?,14-/m0/s1. The number of aliphatic hydroxyl groups excluding tert-OH is 1. The Kier molecular flexibility index (Phi) is 8.42. The molecular formula is C17H24N2O6. The lowest BCUT2D eigenvalue weighted by Gasteiger charge is -2.23. The van der Waals surface area contributed by atoms with Crippen LogP contribution in [0, 0.1) is 5.92 Å². The maximum atomic E-state index is 12.3. The summed E-state index contributed by atoms with van der Waals surface area (Å²) in [5.74, 6) is -1.65. The number of carbonyl (C=O) groups excluding carboxylic acids is 3. The van der Waals surface area contributed by atoms with Crippen LogP contribution in [-0.2, 0) is 25.7 Å². The Morgan fingerprint density at radius 3 is 2.28 bits per heavy atom. The molecule has 25 heavy (non-hydrogen) atoms. The Morgan fingerprint density at radius 1 is 1.12 bits per heavy atom. The fraction of sp³-hybridized carbons (Fsp3) is 0.471. The van der Waals surface area contributed by atoms with E-state index in [0.717, 1.165) is 12.7 Å². The average molecular weight is 352 g/mol. The zero-order valence-corrected chi connectivity index (χ0v) is 14.5. The molecule has 1 rings (SSSR count). The SMILES string of the molecule is COC(=O)C(CO)NC(=O)[C@@H](NC(=O)OCc1ccccc1)C(C)C. The van der Waals surface area contributed by atoms with E-state index in [4.69, 9.17) is 9.84 Å². The van der Waals surface area contributed by atoms with E-state index in [-0.39, 0.29) is 12.5 Å². The average Bonchev–Trinajstić information content (AvgIpc) is 2.62. The Hall–Kier alpha value is -2.61. The van der Waals surface area contributed by atoms with Crippen molar-refractivity contribution in [3.63, 3.8) is 0 Å². The number of ether oxygens (including phenoxy) is 2. The highest BCUT2D eigenvalue weighted by Crippen LogP contribution is 2.05. The molecule has 0 aliphatic heterocycles. The van der Waals surface area contributed by atoms with Crippen LogP contribution in [0.15, 0.2) is 30.3 Å². The van der Waals surface area contributed by atoms with Gasteiger partial charge in [0.25, 0.3) is 0 Å². The number of hydrogen-bond acceptors (Lipinski definition) is 6. The van der Waals surface area contributed by atoms with E-state index in [1.165, 1.54) is 0 Å². The Balaban J connectivity index is 2.61. The van der Waals surface area contributed by atoms with Gasteiger partial charge in [-0.2, -0.15) is 0 Å². The Morgan fingerprint density at radius 2 is 1.76 bits per heavy atom. The minimum Gasteiger partial charge on any atom is -0.467 e. The van der Waals surface area contributed by atoms with Gasteiger partial charge in [0.05, 0.1) is 13.7 Å². The lowest BCUT2D eigenvalue weighted by Crippen LogP contribution is -2.54. The number of esters is 1. The van der Waals surface area contributed by atoms with Crippen LogP contribution in [0.25, 0.3) is 0 Å². The maximum absolute atomic E-state index is 12.3. The number of amides is 2. The van der Waals surface area contributed by atoms with Gasteiger partial charge in [-0.15, -0.1) is 0 Å². The van der Waals surface area contributed by atoms with Gasteiger partial charge in [-0.3, -0.25) is 4.79 Å². The number of alkyl carbamates (subject to hydrolysis) is 1. The van der Waals surface area contributed by atoms with Crippen molar-refractivity contribution in [2.45, 2.75) is 32.5 Å². The quantitative estimate of drug-likeness (QED) is 0.590. The summed E-state index contributed by atoms with van der Waals surface area (Å²) in [6.07, 6.45) is -0.753. The molecule has 0 fully saturated rings. The molecule has 3 N–H and O–H groups in total. The summed E-state index contributed by atoms with van der Waals surface area (Å²) in [7, 11) is 1.15. The highest BCUT2D eigenvalue weighted by molar-refractivity contribution is 5.89. The van der Waals surface area contributed by atoms with Crippen molar-refractivity contribution in [3.05, 3.63) is 35.9 Å². The van der Waals surface area contributed by atoms with Gasteiger partial charge in [0.1, 0.15) is 12.6 Å². The summed E-state index contributed by atoms with van der Waals surface area (Å²) in [6, 6.07) is 6.99. The van der Waals surface area contributed by atoms with Gasteiger partial charge in [-0.25, -0.2) is 9.59 Å². The molecule has 1 aromatic rings. The number of nitrogens with one attached hydrogen (secondary N) is 2. The molecule has 0 aliphatic rings. The van der Waals surface area contributed by atoms with Crippen molar-refractivity contribution >= 4 is 18.0 Å². The second kappa shape index (κ2) is 10.3. The fourth-order valence-electron chi connectivity index (χ4n) is 2.01. The van der Waals surface area contributed by atoms with Crippen molar-refractivity contribution in [3.8, 4) is 0 Å². The summed E-state index contributed by atoms with van der Waals surface area (Å²) in [5.41, 5.74) is 0.814. The topological polar surface area (TPSA) is 114 Å². The minimum absolute atomic E-state index is 0.0700. The smallest absolute Gasteiger partial charge is 0.408 e. The molecule has 8 heteroatoms. The number of benzene rings is 1. The van der Waals surface area contributed by atoms with Gasteiger partial charge in [0.2, 0.25) is 5.91 Å². The van der Waals surface area contributed by atoms with Crippen LogP contribution < -0.4 is 10.6 Å². The summed E-state index contributed by atoms with van der Waals surface area (Å²) in [4.78, 5) is 35.7. The number of hydrogen-bond donors (Lipinski definition) is 3. The second-order valence-corrected chi connectivity index (χ2v) is 5.69. The van der Waals surface area contributed by atoms with Crippen molar-refractivity contribution in [1.82, 2.24) is 10.6 Å². The number of rotatable bonds is 8. The third kappa shape index (κ3) is 6.80. The summed E-state index contributed by atoms with van der Waals surface area (Å²) in [5, 5.41) is 14.0. The first-order chi connectivity index (χ1) is 11.9. The summed E-state index contributed by atoms with van der Waals surface area (Å²) < 4.78 is 9.58. The molecular weight excluding hydrogens is 328 g/mol. The number of aliphatic hydroxyl groups is 1. The van der Waals surface area contributed by atoms with E-state index in [9.17, 15) is 14.4 Å². The van der Waals surface area contributed by atoms with Crippen LogP contribution in [0.5, 0.6) is 0 Å². The molecule has 0 aliphatic carbocycles. The maximum Gasteiger partial charge on any atom is 0.408 e. The summed E-state index contributed by atoms with van der Waals surface area (Å²) in [6.45, 7) is 2.92. The van der Waals surface area contributed by atoms with E-state index in [1.54, 1.807) is 13.8 Å². The van der Waals surface area contributed by atoms with E-state index in [1.807, 2.05) is 30.3 Å². The molecule has 0 spiro atoms. The monoisotopic (exact) mass is 352 g/mol. The highest BCUT2D eigenvalue weighted by atomic mass is 16.5. The number of carbonyl (C=O) groups is 3. The normalized spacial score (nSPS) is 12.8. The molecule has 0 aromatic heterocycles. The van der Waals surface area contributed by atoms with Crippen molar-refractivity contribution in [1.29, 1.82) is 0 Å². The molecule has 2 amide bonds. The van der Waals surface area contributed by atoms with E-state index < -0.39 is 36.7 Å². The first-order valence-electron chi connectivity index (χ1n) is 7.85. The molecule has 2 atom stereocenters. The molecule has 1 unspecified atom stereocenters. The molecule has 1 aromatic carbocycles. The zero-order valence-electron chi connectivity index (χ0n) is 14.5. The molecule has 0 saturated heterocycles. The van der Waals surface area contributed by atoms with E-state index in [0.29, 0.717) is 0 Å². The van der Waals surface area contributed by atoms with Gasteiger partial charge in [-0.1, -0.05) is 44.2 Å². The minimum atomic E-state index is -1.19. The zero-order chi connectivity index (χ0) is 18.8. The first-order valence-corrected chi connectivity index (χ1v) is 7.85. The molecule has 0 radical (unpaired) electrons. The Bertz CT molecular complexity index is 576. The largest absolute Gasteiger partial charge is 0.467 e. The van der Waals surface area contributed by atoms with Gasteiger partial charge < -0.3 is 25.2 Å². The van der Waals surface area contributed by atoms with Crippen LogP contribution in [0.4, 0.5) is 4.79 Å². The van der Waals surface area contributed by atoms with Crippen LogP contribution in [0.2, 0.25) is 0 Å². The fourth-order valence-corrected chi connectivity index (χ4v) is 2.01. The molecule has 138 valence electrons. The Labute approximate surface area is 146 Å². The van der Waals surface area contributed by atoms with Gasteiger partial charge in [-0.05, 0) is 11.5 Å². The highest BCUT2D eigenvalue weighted by Gasteiger charge is 2.29. The molecule has 0 bridgehead atoms. The molecule has 8 nitrogen and oxygen atoms in total. The van der Waals surface area contributed by atoms with Gasteiger partial charge in [0, 0.05) is 0 Å². The third-order valence-corrected chi connectivity index (χ3v) is 3.42. The lowest BCUT2D eigenvalue weighted by molar-refractivity contribution is -0.146. The van der Waals surface area contributed by atoms with Gasteiger partial charge >= 0.3 is 12.1 Å². The van der Waals surface area contributed by atoms with E-state index in [2.05, 4.69) is 15.4 Å². The van der Waals surface area contributed by atoms with E-state index >= 15 is 0 Å². The first kappa shape index (κ1) is 20.4. The van der Waals surface area contributed by atoms with Gasteiger partial charge in [0.15, 0.2) is 6.04 Å². The van der Waals surface area contributed by atoms with Crippen molar-refractivity contribution in [2.24, 2.45) is 5.92 Å². The molecule has 0 saturated carbocycles. The van der Waals surface area contributed by atoms with Crippen molar-refractivity contribution < 1.29 is 29.0 Å². The van der Waals surface area contributed by atoms with Crippen LogP contribution in [0.3, 0.4) is 0 Å². The molecule has 0 heterocycles. The van der Waals surface area contributed by atoms with Crippen LogP contribution in [0.1, 0.15) is 19.4 Å².